The summed E-state index contributed by atoms with van der Waals surface area (Å²) in [4.78, 5) is 0. The van der Waals surface area contributed by atoms with Gasteiger partial charge in [-0.3, -0.25) is 0 Å². The highest BCUT2D eigenvalue weighted by atomic mass is 19.4. The van der Waals surface area contributed by atoms with Gasteiger partial charge < -0.3 is 5.73 Å². The van der Waals surface area contributed by atoms with E-state index in [4.69, 9.17) is 5.73 Å². The third-order valence-corrected chi connectivity index (χ3v) is 6.46. The summed E-state index contributed by atoms with van der Waals surface area (Å²) in [6.45, 7) is 0. The average Bonchev–Trinajstić information content (AvgIpc) is 3.13. The molecule has 0 saturated carbocycles. The number of fused-ring (bicyclic) bond motifs is 1. The summed E-state index contributed by atoms with van der Waals surface area (Å²) in [7, 11) is 0. The largest absolute Gasteiger partial charge is 0.416 e. The van der Waals surface area contributed by atoms with Gasteiger partial charge in [-0.15, -0.1) is 0 Å². The van der Waals surface area contributed by atoms with Crippen LogP contribution in [0.5, 0.6) is 0 Å². The number of halogens is 6. The molecule has 0 aromatic heterocycles. The van der Waals surface area contributed by atoms with Crippen LogP contribution in [0, 0.1) is 0 Å². The third kappa shape index (κ3) is 3.89. The lowest BCUT2D eigenvalue weighted by Crippen LogP contribution is -2.38. The zero-order chi connectivity index (χ0) is 25.7. The first kappa shape index (κ1) is 23.9. The van der Waals surface area contributed by atoms with E-state index in [1.165, 1.54) is 18.2 Å². The Bertz CT molecular complexity index is 1450. The van der Waals surface area contributed by atoms with E-state index >= 15 is 0 Å². The molecule has 36 heavy (non-hydrogen) atoms. The molecule has 1 aliphatic carbocycles. The van der Waals surface area contributed by atoms with Crippen molar-refractivity contribution in [3.63, 3.8) is 0 Å². The van der Waals surface area contributed by atoms with E-state index in [0.29, 0.717) is 27.8 Å². The Hall–Kier alpha value is -3.84. The van der Waals surface area contributed by atoms with Gasteiger partial charge in [-0.25, -0.2) is 0 Å². The fourth-order valence-electron chi connectivity index (χ4n) is 4.85. The predicted octanol–water partition coefficient (Wildman–Crippen LogP) is 7.90. The van der Waals surface area contributed by atoms with Crippen LogP contribution in [0.2, 0.25) is 0 Å². The van der Waals surface area contributed by atoms with Crippen molar-refractivity contribution in [2.24, 2.45) is 5.73 Å². The quantitative estimate of drug-likeness (QED) is 0.287. The van der Waals surface area contributed by atoms with Gasteiger partial charge in [0.1, 0.15) is 0 Å². The van der Waals surface area contributed by atoms with E-state index in [-0.39, 0.29) is 11.1 Å². The Kier molecular flexibility index (Phi) is 5.56. The number of hydrogen-bond donors (Lipinski definition) is 1. The summed E-state index contributed by atoms with van der Waals surface area (Å²) in [5.74, 6) is 0. The molecule has 0 saturated heterocycles. The molecular weight excluding hydrogens is 476 g/mol. The maximum absolute atomic E-state index is 13.8. The van der Waals surface area contributed by atoms with Crippen molar-refractivity contribution in [1.82, 2.24) is 0 Å². The zero-order valence-corrected chi connectivity index (χ0v) is 18.7. The van der Waals surface area contributed by atoms with Crippen molar-refractivity contribution in [2.45, 2.75) is 17.9 Å². The van der Waals surface area contributed by atoms with E-state index < -0.39 is 29.0 Å². The van der Waals surface area contributed by atoms with Crippen LogP contribution < -0.4 is 5.73 Å². The van der Waals surface area contributed by atoms with Crippen molar-refractivity contribution < 1.29 is 26.3 Å². The molecule has 0 radical (unpaired) electrons. The van der Waals surface area contributed by atoms with Crippen molar-refractivity contribution in [3.05, 3.63) is 142 Å². The predicted molar refractivity (Wildman–Crippen MR) is 127 cm³/mol. The van der Waals surface area contributed by atoms with Crippen molar-refractivity contribution >= 4 is 11.1 Å². The number of alkyl halides is 6. The lowest BCUT2D eigenvalue weighted by Gasteiger charge is -2.32. The van der Waals surface area contributed by atoms with E-state index in [0.717, 1.165) is 24.3 Å². The van der Waals surface area contributed by atoms with Gasteiger partial charge in [-0.2, -0.15) is 26.3 Å². The van der Waals surface area contributed by atoms with Crippen molar-refractivity contribution in [3.8, 4) is 0 Å². The summed E-state index contributed by atoms with van der Waals surface area (Å²) in [5.41, 5.74) is 6.25. The first-order chi connectivity index (χ1) is 17.0. The molecule has 4 aromatic rings. The molecule has 1 unspecified atom stereocenters. The molecular formula is C29H19F6N. The summed E-state index contributed by atoms with van der Waals surface area (Å²) < 4.78 is 82.3. The fourth-order valence-corrected chi connectivity index (χ4v) is 4.85. The van der Waals surface area contributed by atoms with Gasteiger partial charge in [0.15, 0.2) is 0 Å². The summed E-state index contributed by atoms with van der Waals surface area (Å²) in [6, 6.07) is 25.5. The second kappa shape index (κ2) is 8.38. The van der Waals surface area contributed by atoms with Gasteiger partial charge in [0.25, 0.3) is 0 Å². The number of hydrogen-bond acceptors (Lipinski definition) is 1. The van der Waals surface area contributed by atoms with E-state index in [2.05, 4.69) is 0 Å². The topological polar surface area (TPSA) is 26.0 Å². The average molecular weight is 495 g/mol. The van der Waals surface area contributed by atoms with Crippen LogP contribution >= 0.6 is 0 Å². The number of benzene rings is 4. The summed E-state index contributed by atoms with van der Waals surface area (Å²) in [6.07, 6.45) is -9.31. The second-order valence-electron chi connectivity index (χ2n) is 8.63. The molecule has 182 valence electrons. The fraction of sp³-hybridized carbons (Fsp3) is 0.103. The molecule has 0 heterocycles. The molecule has 0 aliphatic heterocycles. The van der Waals surface area contributed by atoms with Gasteiger partial charge in [-0.05, 0) is 63.2 Å². The molecule has 1 aliphatic rings. The molecule has 7 heteroatoms. The van der Waals surface area contributed by atoms with Crippen LogP contribution in [0.4, 0.5) is 26.3 Å². The minimum atomic E-state index is -4.66. The third-order valence-electron chi connectivity index (χ3n) is 6.46. The first-order valence-electron chi connectivity index (χ1n) is 11.1. The highest BCUT2D eigenvalue weighted by molar-refractivity contribution is 6.08. The van der Waals surface area contributed by atoms with Crippen molar-refractivity contribution in [2.75, 3.05) is 0 Å². The Balaban J connectivity index is 1.91. The maximum atomic E-state index is 13.8. The van der Waals surface area contributed by atoms with E-state index in [1.807, 2.05) is 0 Å². The molecule has 1 nitrogen and oxygen atoms in total. The number of rotatable bonds is 3. The van der Waals surface area contributed by atoms with Gasteiger partial charge in [0.05, 0.1) is 16.7 Å². The molecule has 2 N–H and O–H groups in total. The second-order valence-corrected chi connectivity index (χ2v) is 8.63. The normalized spacial score (nSPS) is 17.9. The minimum absolute atomic E-state index is 0.0442. The smallest absolute Gasteiger partial charge is 0.314 e. The zero-order valence-electron chi connectivity index (χ0n) is 18.7. The maximum Gasteiger partial charge on any atom is 0.416 e. The van der Waals surface area contributed by atoms with Crippen molar-refractivity contribution in [1.29, 1.82) is 0 Å². The van der Waals surface area contributed by atoms with Crippen LogP contribution in [0.1, 0.15) is 38.9 Å². The van der Waals surface area contributed by atoms with Gasteiger partial charge in [0.2, 0.25) is 0 Å². The highest BCUT2D eigenvalue weighted by Crippen LogP contribution is 2.54. The highest BCUT2D eigenvalue weighted by Gasteiger charge is 2.47. The molecule has 0 amide bonds. The summed E-state index contributed by atoms with van der Waals surface area (Å²) in [5, 5.41) is 0. The standard InChI is InChI=1S/C29H19F6N/c30-28(31,32)21-13-7-12-20(16-21)27(36)24-17-22(29(33,34)35)14-15-23(24)25(18-8-3-1-4-9-18)26(27)19-10-5-2-6-11-19/h1-17H,36H2. The molecule has 0 bridgehead atoms. The Morgan fingerprint density at radius 2 is 1.11 bits per heavy atom. The number of nitrogens with two attached hydrogens (primary N) is 1. The lowest BCUT2D eigenvalue weighted by molar-refractivity contribution is -0.138. The van der Waals surface area contributed by atoms with Gasteiger partial charge >= 0.3 is 12.4 Å². The Morgan fingerprint density at radius 1 is 0.556 bits per heavy atom. The van der Waals surface area contributed by atoms with Crippen LogP contribution in [-0.4, -0.2) is 0 Å². The van der Waals surface area contributed by atoms with Crippen LogP contribution in [0.15, 0.2) is 103 Å². The van der Waals surface area contributed by atoms with Gasteiger partial charge in [0, 0.05) is 0 Å². The SMILES string of the molecule is NC1(c2cccc(C(F)(F)F)c2)C(c2ccccc2)=C(c2ccccc2)c2ccc(C(F)(F)F)cc21. The van der Waals surface area contributed by atoms with Gasteiger partial charge in [-0.1, -0.05) is 78.9 Å². The lowest BCUT2D eigenvalue weighted by atomic mass is 9.77. The molecule has 1 atom stereocenters. The van der Waals surface area contributed by atoms with Crippen LogP contribution in [-0.2, 0) is 17.9 Å². The summed E-state index contributed by atoms with van der Waals surface area (Å²) >= 11 is 0. The van der Waals surface area contributed by atoms with Crippen LogP contribution in [0.25, 0.3) is 11.1 Å². The molecule has 4 aromatic carbocycles. The molecule has 5 rings (SSSR count). The first-order valence-corrected chi connectivity index (χ1v) is 11.1. The van der Waals surface area contributed by atoms with E-state index in [1.54, 1.807) is 60.7 Å². The Morgan fingerprint density at radius 3 is 1.69 bits per heavy atom. The van der Waals surface area contributed by atoms with E-state index in [9.17, 15) is 26.3 Å². The molecule has 0 fully saturated rings. The Labute approximate surface area is 203 Å². The monoisotopic (exact) mass is 495 g/mol. The molecule has 0 spiro atoms. The van der Waals surface area contributed by atoms with Crippen LogP contribution in [0.3, 0.4) is 0 Å². The minimum Gasteiger partial charge on any atom is -0.314 e.